The Morgan fingerprint density at radius 2 is 1.95 bits per heavy atom. The van der Waals surface area contributed by atoms with Crippen LogP contribution in [0, 0.1) is 11.6 Å². The normalized spacial score (nSPS) is 16.4. The molecule has 0 saturated carbocycles. The first-order chi connectivity index (χ1) is 9.43. The van der Waals surface area contributed by atoms with Gasteiger partial charge in [0, 0.05) is 17.8 Å². The summed E-state index contributed by atoms with van der Waals surface area (Å²) in [4.78, 5) is 17.9. The molecule has 20 heavy (non-hydrogen) atoms. The molecule has 0 spiro atoms. The number of benzene rings is 1. The van der Waals surface area contributed by atoms with Crippen LogP contribution in [0.25, 0.3) is 0 Å². The number of fused-ring (bicyclic) bond motifs is 1. The van der Waals surface area contributed by atoms with Gasteiger partial charge < -0.3 is 0 Å². The average Bonchev–Trinajstić information content (AvgIpc) is 2.60. The highest BCUT2D eigenvalue weighted by molar-refractivity contribution is 6.11. The van der Waals surface area contributed by atoms with Crippen LogP contribution in [0.15, 0.2) is 36.5 Å². The van der Waals surface area contributed by atoms with E-state index in [2.05, 4.69) is 4.98 Å². The van der Waals surface area contributed by atoms with E-state index in [4.69, 9.17) is 0 Å². The summed E-state index contributed by atoms with van der Waals surface area (Å²) in [7, 11) is 0. The van der Waals surface area contributed by atoms with Gasteiger partial charge in [-0.2, -0.15) is 0 Å². The summed E-state index contributed by atoms with van der Waals surface area (Å²) in [5.74, 6) is -1.35. The molecule has 0 N–H and O–H groups in total. The SMILES string of the molecule is CC1(C)C(=O)N(c2ccc(F)cc2F)c2ncccc21. The van der Waals surface area contributed by atoms with Crippen LogP contribution in [0.1, 0.15) is 19.4 Å². The van der Waals surface area contributed by atoms with Gasteiger partial charge in [-0.1, -0.05) is 6.07 Å². The summed E-state index contributed by atoms with van der Waals surface area (Å²) in [5, 5.41) is 0. The third-order valence-electron chi connectivity index (χ3n) is 3.56. The van der Waals surface area contributed by atoms with Crippen molar-refractivity contribution in [2.75, 3.05) is 4.90 Å². The van der Waals surface area contributed by atoms with Crippen molar-refractivity contribution in [3.05, 3.63) is 53.7 Å². The molecule has 1 aromatic heterocycles. The van der Waals surface area contributed by atoms with Crippen molar-refractivity contribution in [3.8, 4) is 0 Å². The van der Waals surface area contributed by atoms with Crippen LogP contribution in [0.2, 0.25) is 0 Å². The van der Waals surface area contributed by atoms with Crippen LogP contribution in [0.3, 0.4) is 0 Å². The number of anilines is 2. The van der Waals surface area contributed by atoms with Gasteiger partial charge in [-0.15, -0.1) is 0 Å². The molecule has 0 bridgehead atoms. The number of carbonyl (C=O) groups excluding carboxylic acids is 1. The zero-order valence-corrected chi connectivity index (χ0v) is 11.0. The molecule has 2 aromatic rings. The van der Waals surface area contributed by atoms with Gasteiger partial charge >= 0.3 is 0 Å². The summed E-state index contributed by atoms with van der Waals surface area (Å²) in [6.07, 6.45) is 1.54. The van der Waals surface area contributed by atoms with E-state index in [1.165, 1.54) is 11.0 Å². The van der Waals surface area contributed by atoms with Gasteiger partial charge in [0.25, 0.3) is 0 Å². The van der Waals surface area contributed by atoms with Gasteiger partial charge in [0.15, 0.2) is 0 Å². The third-order valence-corrected chi connectivity index (χ3v) is 3.56. The maximum Gasteiger partial charge on any atom is 0.243 e. The summed E-state index contributed by atoms with van der Waals surface area (Å²) in [6.45, 7) is 3.52. The molecule has 0 aliphatic carbocycles. The van der Waals surface area contributed by atoms with Gasteiger partial charge in [-0.3, -0.25) is 9.69 Å². The zero-order valence-electron chi connectivity index (χ0n) is 11.0. The van der Waals surface area contributed by atoms with Crippen molar-refractivity contribution in [2.24, 2.45) is 0 Å². The van der Waals surface area contributed by atoms with Crippen LogP contribution in [0.4, 0.5) is 20.3 Å². The fourth-order valence-corrected chi connectivity index (χ4v) is 2.44. The molecular formula is C15H12F2N2O. The Bertz CT molecular complexity index is 713. The number of hydrogen-bond acceptors (Lipinski definition) is 2. The van der Waals surface area contributed by atoms with Crippen molar-refractivity contribution in [1.82, 2.24) is 4.98 Å². The van der Waals surface area contributed by atoms with Crippen LogP contribution in [-0.2, 0) is 10.2 Å². The molecule has 1 aliphatic rings. The van der Waals surface area contributed by atoms with Crippen molar-refractivity contribution in [3.63, 3.8) is 0 Å². The summed E-state index contributed by atoms with van der Waals surface area (Å²) >= 11 is 0. The first-order valence-electron chi connectivity index (χ1n) is 6.18. The average molecular weight is 274 g/mol. The minimum Gasteiger partial charge on any atom is -0.273 e. The monoisotopic (exact) mass is 274 g/mol. The molecule has 3 nitrogen and oxygen atoms in total. The van der Waals surface area contributed by atoms with Gasteiger partial charge in [0.1, 0.15) is 17.5 Å². The fourth-order valence-electron chi connectivity index (χ4n) is 2.44. The number of hydrogen-bond donors (Lipinski definition) is 0. The number of carbonyl (C=O) groups is 1. The van der Waals surface area contributed by atoms with Gasteiger partial charge in [0.05, 0.1) is 11.1 Å². The van der Waals surface area contributed by atoms with E-state index in [-0.39, 0.29) is 11.6 Å². The van der Waals surface area contributed by atoms with Gasteiger partial charge in [-0.25, -0.2) is 13.8 Å². The van der Waals surface area contributed by atoms with Crippen molar-refractivity contribution < 1.29 is 13.6 Å². The fraction of sp³-hybridized carbons (Fsp3) is 0.200. The molecular weight excluding hydrogens is 262 g/mol. The lowest BCUT2D eigenvalue weighted by Gasteiger charge is -2.20. The molecule has 5 heteroatoms. The number of aromatic nitrogens is 1. The summed E-state index contributed by atoms with van der Waals surface area (Å²) < 4.78 is 27.0. The maximum atomic E-state index is 14.0. The van der Waals surface area contributed by atoms with Crippen LogP contribution >= 0.6 is 0 Å². The van der Waals surface area contributed by atoms with Crippen LogP contribution < -0.4 is 4.90 Å². The van der Waals surface area contributed by atoms with E-state index in [0.29, 0.717) is 5.82 Å². The first-order valence-corrected chi connectivity index (χ1v) is 6.18. The highest BCUT2D eigenvalue weighted by atomic mass is 19.1. The number of amides is 1. The van der Waals surface area contributed by atoms with E-state index in [9.17, 15) is 13.6 Å². The second-order valence-electron chi connectivity index (χ2n) is 5.24. The predicted molar refractivity (Wildman–Crippen MR) is 70.8 cm³/mol. The molecule has 3 rings (SSSR count). The molecule has 2 heterocycles. The highest BCUT2D eigenvalue weighted by Gasteiger charge is 2.46. The number of rotatable bonds is 1. The largest absolute Gasteiger partial charge is 0.273 e. The van der Waals surface area contributed by atoms with Crippen molar-refractivity contribution in [2.45, 2.75) is 19.3 Å². The Hall–Kier alpha value is -2.30. The molecule has 0 atom stereocenters. The van der Waals surface area contributed by atoms with Gasteiger partial charge in [-0.05, 0) is 32.0 Å². The first kappa shape index (κ1) is 12.7. The Morgan fingerprint density at radius 3 is 2.65 bits per heavy atom. The molecule has 0 unspecified atom stereocenters. The Morgan fingerprint density at radius 1 is 1.20 bits per heavy atom. The molecule has 1 aromatic carbocycles. The summed E-state index contributed by atoms with van der Waals surface area (Å²) in [6, 6.07) is 6.67. The van der Waals surface area contributed by atoms with E-state index in [1.807, 2.05) is 0 Å². The molecule has 102 valence electrons. The molecule has 0 saturated heterocycles. The van der Waals surface area contributed by atoms with E-state index in [1.54, 1.807) is 32.2 Å². The van der Waals surface area contributed by atoms with Gasteiger partial charge in [0.2, 0.25) is 5.91 Å². The Balaban J connectivity index is 2.22. The topological polar surface area (TPSA) is 33.2 Å². The molecule has 1 amide bonds. The van der Waals surface area contributed by atoms with Crippen LogP contribution in [0.5, 0.6) is 0 Å². The minimum absolute atomic E-state index is 0.0157. The highest BCUT2D eigenvalue weighted by Crippen LogP contribution is 2.44. The molecule has 0 fully saturated rings. The maximum absolute atomic E-state index is 14.0. The molecule has 1 aliphatic heterocycles. The molecule has 0 radical (unpaired) electrons. The second kappa shape index (κ2) is 4.10. The van der Waals surface area contributed by atoms with E-state index >= 15 is 0 Å². The third kappa shape index (κ3) is 1.62. The summed E-state index contributed by atoms with van der Waals surface area (Å²) in [5.41, 5.74) is -0.0413. The standard InChI is InChI=1S/C15H12F2N2O/c1-15(2)10-4-3-7-18-13(10)19(14(15)20)12-6-5-9(16)8-11(12)17/h3-8H,1-2H3. The number of nitrogens with zero attached hydrogens (tertiary/aromatic N) is 2. The lowest BCUT2D eigenvalue weighted by molar-refractivity contribution is -0.121. The Kier molecular flexibility index (Phi) is 2.61. The predicted octanol–water partition coefficient (Wildman–Crippen LogP) is 3.32. The minimum atomic E-state index is -0.787. The number of halogens is 2. The quantitative estimate of drug-likeness (QED) is 0.799. The lowest BCUT2D eigenvalue weighted by Crippen LogP contribution is -2.33. The number of pyridine rings is 1. The van der Waals surface area contributed by atoms with Crippen molar-refractivity contribution in [1.29, 1.82) is 0 Å². The lowest BCUT2D eigenvalue weighted by atomic mass is 9.87. The Labute approximate surface area is 114 Å². The van der Waals surface area contributed by atoms with E-state index in [0.717, 1.165) is 17.7 Å². The smallest absolute Gasteiger partial charge is 0.243 e. The van der Waals surface area contributed by atoms with Crippen molar-refractivity contribution >= 4 is 17.4 Å². The second-order valence-corrected chi connectivity index (χ2v) is 5.24. The van der Waals surface area contributed by atoms with E-state index < -0.39 is 17.0 Å². The zero-order chi connectivity index (χ0) is 14.5. The van der Waals surface area contributed by atoms with Crippen LogP contribution in [-0.4, -0.2) is 10.9 Å².